The van der Waals surface area contributed by atoms with Crippen molar-refractivity contribution in [3.05, 3.63) is 0 Å². The number of hydrogen-bond donors (Lipinski definition) is 2. The van der Waals surface area contributed by atoms with Crippen LogP contribution in [-0.2, 0) is 9.59 Å². The minimum absolute atomic E-state index is 0.188. The lowest BCUT2D eigenvalue weighted by molar-refractivity contribution is -0.157. The Kier molecular flexibility index (Phi) is 5.84. The number of carboxylic acid groups (broad SMARTS) is 2. The first-order valence-electron chi connectivity index (χ1n) is 6.46. The van der Waals surface area contributed by atoms with Gasteiger partial charge in [0, 0.05) is 0 Å². The third-order valence-corrected chi connectivity index (χ3v) is 4.06. The van der Waals surface area contributed by atoms with Crippen LogP contribution in [0.1, 0.15) is 48.0 Å². The summed E-state index contributed by atoms with van der Waals surface area (Å²) < 4.78 is 0. The zero-order valence-corrected chi connectivity index (χ0v) is 12.2. The molecule has 106 valence electrons. The highest BCUT2D eigenvalue weighted by Crippen LogP contribution is 2.38. The average molecular weight is 258 g/mol. The Morgan fingerprint density at radius 2 is 1.44 bits per heavy atom. The molecule has 0 spiro atoms. The minimum Gasteiger partial charge on any atom is -0.481 e. The topological polar surface area (TPSA) is 74.6 Å². The molecule has 0 fully saturated rings. The Hall–Kier alpha value is -1.06. The SMILES string of the molecule is CC(C)C(C(=O)O)C(CC(C)(C)C(C)C)C(=O)O. The second-order valence-electron chi connectivity index (χ2n) is 6.40. The van der Waals surface area contributed by atoms with Gasteiger partial charge >= 0.3 is 11.9 Å². The number of hydrogen-bond acceptors (Lipinski definition) is 2. The average Bonchev–Trinajstić information content (AvgIpc) is 2.14. The molecule has 18 heavy (non-hydrogen) atoms. The van der Waals surface area contributed by atoms with Gasteiger partial charge in [-0.1, -0.05) is 41.5 Å². The third kappa shape index (κ3) is 4.31. The standard InChI is InChI=1S/C14H26O4/c1-8(2)11(13(17)18)10(12(15)16)7-14(5,6)9(3)4/h8-11H,7H2,1-6H3,(H,15,16)(H,17,18). The molecule has 0 heterocycles. The summed E-state index contributed by atoms with van der Waals surface area (Å²) in [6.07, 6.45) is 0.384. The molecule has 4 nitrogen and oxygen atoms in total. The lowest BCUT2D eigenvalue weighted by Crippen LogP contribution is -2.37. The van der Waals surface area contributed by atoms with Crippen LogP contribution in [0.15, 0.2) is 0 Å². The molecule has 0 aromatic carbocycles. The fourth-order valence-electron chi connectivity index (χ4n) is 2.09. The number of aliphatic carboxylic acids is 2. The van der Waals surface area contributed by atoms with Crippen molar-refractivity contribution >= 4 is 11.9 Å². The Morgan fingerprint density at radius 3 is 1.67 bits per heavy atom. The Labute approximate surface area is 109 Å². The highest BCUT2D eigenvalue weighted by atomic mass is 16.4. The smallest absolute Gasteiger partial charge is 0.307 e. The fourth-order valence-corrected chi connectivity index (χ4v) is 2.09. The van der Waals surface area contributed by atoms with E-state index in [1.54, 1.807) is 13.8 Å². The quantitative estimate of drug-likeness (QED) is 0.735. The van der Waals surface area contributed by atoms with Crippen LogP contribution in [0.5, 0.6) is 0 Å². The zero-order valence-electron chi connectivity index (χ0n) is 12.2. The van der Waals surface area contributed by atoms with E-state index in [4.69, 9.17) is 0 Å². The number of rotatable bonds is 7. The van der Waals surface area contributed by atoms with Crippen LogP contribution in [0.4, 0.5) is 0 Å². The number of carboxylic acids is 2. The van der Waals surface area contributed by atoms with Crippen LogP contribution in [-0.4, -0.2) is 22.2 Å². The van der Waals surface area contributed by atoms with Gasteiger partial charge in [-0.15, -0.1) is 0 Å². The van der Waals surface area contributed by atoms with E-state index in [0.29, 0.717) is 12.3 Å². The largest absolute Gasteiger partial charge is 0.481 e. The lowest BCUT2D eigenvalue weighted by atomic mass is 9.69. The van der Waals surface area contributed by atoms with Crippen molar-refractivity contribution < 1.29 is 19.8 Å². The first-order valence-corrected chi connectivity index (χ1v) is 6.46. The van der Waals surface area contributed by atoms with Crippen LogP contribution >= 0.6 is 0 Å². The minimum atomic E-state index is -1.02. The van der Waals surface area contributed by atoms with Crippen molar-refractivity contribution in [2.45, 2.75) is 48.0 Å². The summed E-state index contributed by atoms with van der Waals surface area (Å²) in [7, 11) is 0. The van der Waals surface area contributed by atoms with Gasteiger partial charge in [-0.25, -0.2) is 0 Å². The maximum atomic E-state index is 11.4. The molecule has 0 aliphatic carbocycles. The van der Waals surface area contributed by atoms with Gasteiger partial charge in [0.15, 0.2) is 0 Å². The summed E-state index contributed by atoms with van der Waals surface area (Å²) in [4.78, 5) is 22.7. The molecule has 0 rings (SSSR count). The summed E-state index contributed by atoms with van der Waals surface area (Å²) in [5.74, 6) is -3.57. The molecule has 0 aliphatic heterocycles. The Morgan fingerprint density at radius 1 is 1.00 bits per heavy atom. The maximum absolute atomic E-state index is 11.4. The molecule has 0 bridgehead atoms. The first kappa shape index (κ1) is 16.9. The number of carbonyl (C=O) groups is 2. The van der Waals surface area contributed by atoms with Gasteiger partial charge < -0.3 is 10.2 Å². The molecule has 0 radical (unpaired) electrons. The van der Waals surface area contributed by atoms with Gasteiger partial charge in [-0.3, -0.25) is 9.59 Å². The summed E-state index contributed by atoms with van der Waals surface area (Å²) in [6.45, 7) is 11.6. The molecule has 0 saturated heterocycles. The third-order valence-electron chi connectivity index (χ3n) is 4.06. The fraction of sp³-hybridized carbons (Fsp3) is 0.857. The van der Waals surface area contributed by atoms with Crippen LogP contribution in [0.3, 0.4) is 0 Å². The van der Waals surface area contributed by atoms with E-state index in [1.165, 1.54) is 0 Å². The highest BCUT2D eigenvalue weighted by Gasteiger charge is 2.40. The summed E-state index contributed by atoms with van der Waals surface area (Å²) in [6, 6.07) is 0. The lowest BCUT2D eigenvalue weighted by Gasteiger charge is -2.34. The van der Waals surface area contributed by atoms with Gasteiger partial charge in [-0.05, 0) is 23.7 Å². The van der Waals surface area contributed by atoms with Crippen molar-refractivity contribution in [3.63, 3.8) is 0 Å². The Bertz CT molecular complexity index is 305. The maximum Gasteiger partial charge on any atom is 0.307 e. The van der Waals surface area contributed by atoms with E-state index in [1.807, 2.05) is 27.7 Å². The van der Waals surface area contributed by atoms with Gasteiger partial charge in [0.05, 0.1) is 11.8 Å². The molecular weight excluding hydrogens is 232 g/mol. The highest BCUT2D eigenvalue weighted by molar-refractivity contribution is 5.80. The molecule has 4 heteroatoms. The Balaban J connectivity index is 5.20. The van der Waals surface area contributed by atoms with Gasteiger partial charge in [-0.2, -0.15) is 0 Å². The van der Waals surface area contributed by atoms with E-state index >= 15 is 0 Å². The summed E-state index contributed by atoms with van der Waals surface area (Å²) in [5.41, 5.74) is -0.189. The molecule has 2 atom stereocenters. The van der Waals surface area contributed by atoms with Crippen molar-refractivity contribution in [1.29, 1.82) is 0 Å². The van der Waals surface area contributed by atoms with Crippen molar-refractivity contribution in [2.24, 2.45) is 29.1 Å². The van der Waals surface area contributed by atoms with Crippen LogP contribution in [0.2, 0.25) is 0 Å². The molecule has 2 N–H and O–H groups in total. The predicted octanol–water partition coefficient (Wildman–Crippen LogP) is 3.12. The monoisotopic (exact) mass is 258 g/mol. The second kappa shape index (κ2) is 6.21. The van der Waals surface area contributed by atoms with Crippen LogP contribution < -0.4 is 0 Å². The first-order chi connectivity index (χ1) is 8.00. The van der Waals surface area contributed by atoms with Crippen molar-refractivity contribution in [3.8, 4) is 0 Å². The molecule has 0 saturated carbocycles. The van der Waals surface area contributed by atoms with Crippen molar-refractivity contribution in [2.75, 3.05) is 0 Å². The van der Waals surface area contributed by atoms with Gasteiger partial charge in [0.25, 0.3) is 0 Å². The summed E-state index contributed by atoms with van der Waals surface area (Å²) >= 11 is 0. The van der Waals surface area contributed by atoms with E-state index in [2.05, 4.69) is 0 Å². The van der Waals surface area contributed by atoms with E-state index in [-0.39, 0.29) is 11.3 Å². The van der Waals surface area contributed by atoms with E-state index < -0.39 is 23.8 Å². The molecule has 2 unspecified atom stereocenters. The molecule has 0 aromatic heterocycles. The molecule has 0 aliphatic rings. The van der Waals surface area contributed by atoms with Crippen molar-refractivity contribution in [1.82, 2.24) is 0 Å². The zero-order chi connectivity index (χ0) is 14.7. The molecule has 0 amide bonds. The van der Waals surface area contributed by atoms with E-state index in [9.17, 15) is 19.8 Å². The summed E-state index contributed by atoms with van der Waals surface area (Å²) in [5, 5.41) is 18.6. The van der Waals surface area contributed by atoms with Crippen LogP contribution in [0, 0.1) is 29.1 Å². The predicted molar refractivity (Wildman–Crippen MR) is 70.3 cm³/mol. The van der Waals surface area contributed by atoms with Crippen LogP contribution in [0.25, 0.3) is 0 Å². The normalized spacial score (nSPS) is 15.8. The molecular formula is C14H26O4. The van der Waals surface area contributed by atoms with Gasteiger partial charge in [0.1, 0.15) is 0 Å². The van der Waals surface area contributed by atoms with E-state index in [0.717, 1.165) is 0 Å². The van der Waals surface area contributed by atoms with Gasteiger partial charge in [0.2, 0.25) is 0 Å². The second-order valence-corrected chi connectivity index (χ2v) is 6.40. The molecule has 0 aromatic rings.